The first kappa shape index (κ1) is 24.6. The van der Waals surface area contributed by atoms with Gasteiger partial charge in [-0.1, -0.05) is 17.3 Å². The number of rotatable bonds is 10. The van der Waals surface area contributed by atoms with E-state index in [2.05, 4.69) is 10.5 Å². The SMILES string of the molecule is COc1ccc(CNC(=O)C(C)OC(=O)c2cccc(OCc3c(C)noc3C)c2)cc1OC. The van der Waals surface area contributed by atoms with Gasteiger partial charge in [0.1, 0.15) is 18.1 Å². The summed E-state index contributed by atoms with van der Waals surface area (Å²) >= 11 is 0. The van der Waals surface area contributed by atoms with Crippen LogP contribution in [0.25, 0.3) is 0 Å². The molecule has 2 aromatic carbocycles. The zero-order valence-electron chi connectivity index (χ0n) is 19.8. The number of ether oxygens (including phenoxy) is 4. The van der Waals surface area contributed by atoms with Crippen molar-refractivity contribution in [3.8, 4) is 17.2 Å². The van der Waals surface area contributed by atoms with Crippen molar-refractivity contribution in [2.24, 2.45) is 0 Å². The van der Waals surface area contributed by atoms with E-state index in [4.69, 9.17) is 23.5 Å². The number of hydrogen-bond acceptors (Lipinski definition) is 8. The van der Waals surface area contributed by atoms with E-state index >= 15 is 0 Å². The first-order valence-corrected chi connectivity index (χ1v) is 10.7. The van der Waals surface area contributed by atoms with Gasteiger partial charge in [-0.25, -0.2) is 4.79 Å². The van der Waals surface area contributed by atoms with Gasteiger partial charge in [-0.15, -0.1) is 0 Å². The summed E-state index contributed by atoms with van der Waals surface area (Å²) in [5.41, 5.74) is 2.69. The predicted molar refractivity (Wildman–Crippen MR) is 123 cm³/mol. The molecular formula is C25H28N2O7. The van der Waals surface area contributed by atoms with Gasteiger partial charge >= 0.3 is 5.97 Å². The Morgan fingerprint density at radius 2 is 1.82 bits per heavy atom. The minimum absolute atomic E-state index is 0.242. The van der Waals surface area contributed by atoms with Gasteiger partial charge in [-0.2, -0.15) is 0 Å². The van der Waals surface area contributed by atoms with Gasteiger partial charge in [-0.3, -0.25) is 4.79 Å². The summed E-state index contributed by atoms with van der Waals surface area (Å²) < 4.78 is 26.7. The van der Waals surface area contributed by atoms with Gasteiger partial charge in [0, 0.05) is 6.54 Å². The lowest BCUT2D eigenvalue weighted by atomic mass is 10.2. The molecule has 1 N–H and O–H groups in total. The van der Waals surface area contributed by atoms with Crippen molar-refractivity contribution in [1.29, 1.82) is 0 Å². The largest absolute Gasteiger partial charge is 0.493 e. The number of nitrogens with zero attached hydrogens (tertiary/aromatic N) is 1. The Balaban J connectivity index is 1.54. The van der Waals surface area contributed by atoms with Crippen molar-refractivity contribution in [1.82, 2.24) is 10.5 Å². The van der Waals surface area contributed by atoms with Crippen LogP contribution in [0.15, 0.2) is 47.0 Å². The molecule has 0 aliphatic rings. The summed E-state index contributed by atoms with van der Waals surface area (Å²) in [6.45, 7) is 5.66. The normalized spacial score (nSPS) is 11.4. The molecule has 1 aromatic heterocycles. The molecule has 0 saturated heterocycles. The van der Waals surface area contributed by atoms with Crippen LogP contribution in [0.2, 0.25) is 0 Å². The van der Waals surface area contributed by atoms with Crippen LogP contribution in [0, 0.1) is 13.8 Å². The third-order valence-electron chi connectivity index (χ3n) is 5.20. The lowest BCUT2D eigenvalue weighted by Crippen LogP contribution is -2.35. The quantitative estimate of drug-likeness (QED) is 0.448. The fourth-order valence-electron chi connectivity index (χ4n) is 3.18. The Morgan fingerprint density at radius 3 is 2.50 bits per heavy atom. The van der Waals surface area contributed by atoms with Crippen LogP contribution in [-0.2, 0) is 22.7 Å². The smallest absolute Gasteiger partial charge is 0.339 e. The second kappa shape index (κ2) is 11.2. The molecule has 3 aromatic rings. The highest BCUT2D eigenvalue weighted by molar-refractivity contribution is 5.92. The van der Waals surface area contributed by atoms with Crippen LogP contribution in [0.5, 0.6) is 17.2 Å². The number of aromatic nitrogens is 1. The highest BCUT2D eigenvalue weighted by Gasteiger charge is 2.19. The number of aryl methyl sites for hydroxylation is 2. The maximum absolute atomic E-state index is 12.6. The molecular weight excluding hydrogens is 440 g/mol. The van der Waals surface area contributed by atoms with E-state index in [9.17, 15) is 9.59 Å². The zero-order chi connectivity index (χ0) is 24.7. The molecule has 1 amide bonds. The molecule has 0 fully saturated rings. The Labute approximate surface area is 197 Å². The highest BCUT2D eigenvalue weighted by Crippen LogP contribution is 2.27. The highest BCUT2D eigenvalue weighted by atomic mass is 16.5. The maximum atomic E-state index is 12.6. The van der Waals surface area contributed by atoms with Crippen molar-refractivity contribution < 1.29 is 33.1 Å². The monoisotopic (exact) mass is 468 g/mol. The number of benzene rings is 2. The molecule has 0 aliphatic heterocycles. The first-order valence-electron chi connectivity index (χ1n) is 10.7. The van der Waals surface area contributed by atoms with Gasteiger partial charge in [-0.05, 0) is 56.7 Å². The van der Waals surface area contributed by atoms with Gasteiger partial charge in [0.05, 0.1) is 31.0 Å². The summed E-state index contributed by atoms with van der Waals surface area (Å²) in [6, 6.07) is 11.9. The zero-order valence-corrected chi connectivity index (χ0v) is 19.8. The Bertz CT molecular complexity index is 1140. The Morgan fingerprint density at radius 1 is 1.06 bits per heavy atom. The van der Waals surface area contributed by atoms with Crippen molar-refractivity contribution in [2.75, 3.05) is 14.2 Å². The molecule has 9 nitrogen and oxygen atoms in total. The number of esters is 1. The second-order valence-electron chi connectivity index (χ2n) is 7.57. The maximum Gasteiger partial charge on any atom is 0.339 e. The average molecular weight is 469 g/mol. The van der Waals surface area contributed by atoms with Crippen LogP contribution in [0.1, 0.15) is 39.9 Å². The fourth-order valence-corrected chi connectivity index (χ4v) is 3.18. The molecule has 1 atom stereocenters. The lowest BCUT2D eigenvalue weighted by Gasteiger charge is -2.15. The molecule has 0 bridgehead atoms. The van der Waals surface area contributed by atoms with Crippen LogP contribution in [0.4, 0.5) is 0 Å². The number of hydrogen-bond donors (Lipinski definition) is 1. The van der Waals surface area contributed by atoms with Crippen molar-refractivity contribution in [3.63, 3.8) is 0 Å². The van der Waals surface area contributed by atoms with Gasteiger partial charge < -0.3 is 28.8 Å². The summed E-state index contributed by atoms with van der Waals surface area (Å²) in [5, 5.41) is 6.65. The van der Waals surface area contributed by atoms with E-state index in [1.54, 1.807) is 50.6 Å². The van der Waals surface area contributed by atoms with Gasteiger partial charge in [0.2, 0.25) is 0 Å². The molecule has 0 saturated carbocycles. The number of amides is 1. The molecule has 9 heteroatoms. The molecule has 1 unspecified atom stereocenters. The predicted octanol–water partition coefficient (Wildman–Crippen LogP) is 3.75. The van der Waals surface area contributed by atoms with E-state index in [1.807, 2.05) is 19.9 Å². The third kappa shape index (κ3) is 6.06. The van der Waals surface area contributed by atoms with Crippen LogP contribution >= 0.6 is 0 Å². The summed E-state index contributed by atoms with van der Waals surface area (Å²) in [7, 11) is 3.09. The fraction of sp³-hybridized carbons (Fsp3) is 0.320. The number of carbonyl (C=O) groups is 2. The van der Waals surface area contributed by atoms with E-state index in [1.165, 1.54) is 6.92 Å². The number of methoxy groups -OCH3 is 2. The molecule has 0 spiro atoms. The second-order valence-corrected chi connectivity index (χ2v) is 7.57. The summed E-state index contributed by atoms with van der Waals surface area (Å²) in [5.74, 6) is 1.27. The lowest BCUT2D eigenvalue weighted by molar-refractivity contribution is -0.129. The molecule has 34 heavy (non-hydrogen) atoms. The molecule has 0 aliphatic carbocycles. The van der Waals surface area contributed by atoms with Crippen molar-refractivity contribution >= 4 is 11.9 Å². The van der Waals surface area contributed by atoms with Crippen molar-refractivity contribution in [2.45, 2.75) is 40.0 Å². The Hall–Kier alpha value is -4.01. The topological polar surface area (TPSA) is 109 Å². The van der Waals surface area contributed by atoms with E-state index in [0.717, 1.165) is 16.8 Å². The summed E-state index contributed by atoms with van der Waals surface area (Å²) in [6.07, 6.45) is -0.987. The Kier molecular flexibility index (Phi) is 8.13. The minimum Gasteiger partial charge on any atom is -0.493 e. The van der Waals surface area contributed by atoms with E-state index in [0.29, 0.717) is 23.0 Å². The standard InChI is InChI=1S/C25H28N2O7/c1-15-21(16(2)34-27-15)14-32-20-8-6-7-19(12-20)25(29)33-17(3)24(28)26-13-18-9-10-22(30-4)23(11-18)31-5/h6-12,17H,13-14H2,1-5H3,(H,26,28). The molecule has 180 valence electrons. The van der Waals surface area contributed by atoms with Crippen LogP contribution < -0.4 is 19.5 Å². The van der Waals surface area contributed by atoms with Crippen LogP contribution in [0.3, 0.4) is 0 Å². The molecule has 0 radical (unpaired) electrons. The van der Waals surface area contributed by atoms with Gasteiger partial charge in [0.25, 0.3) is 5.91 Å². The number of carbonyl (C=O) groups excluding carboxylic acids is 2. The summed E-state index contributed by atoms with van der Waals surface area (Å²) in [4.78, 5) is 25.0. The molecule has 3 rings (SSSR count). The van der Waals surface area contributed by atoms with Gasteiger partial charge in [0.15, 0.2) is 17.6 Å². The third-order valence-corrected chi connectivity index (χ3v) is 5.20. The van der Waals surface area contributed by atoms with E-state index < -0.39 is 18.0 Å². The number of nitrogens with one attached hydrogen (secondary N) is 1. The van der Waals surface area contributed by atoms with E-state index in [-0.39, 0.29) is 18.7 Å². The average Bonchev–Trinajstić information content (AvgIpc) is 3.17. The minimum atomic E-state index is -0.987. The molecule has 1 heterocycles. The van der Waals surface area contributed by atoms with Crippen LogP contribution in [-0.4, -0.2) is 37.4 Å². The van der Waals surface area contributed by atoms with Crippen molar-refractivity contribution in [3.05, 3.63) is 70.6 Å². The first-order chi connectivity index (χ1) is 16.3.